The van der Waals surface area contributed by atoms with Gasteiger partial charge in [0.25, 0.3) is 0 Å². The van der Waals surface area contributed by atoms with Crippen LogP contribution >= 0.6 is 0 Å². The van der Waals surface area contributed by atoms with Crippen LogP contribution in [0.25, 0.3) is 0 Å². The molecule has 25 heavy (non-hydrogen) atoms. The Morgan fingerprint density at radius 3 is 2.36 bits per heavy atom. The van der Waals surface area contributed by atoms with Gasteiger partial charge < -0.3 is 15.4 Å². The number of nitrogens with zero attached hydrogens (tertiary/aromatic N) is 1. The van der Waals surface area contributed by atoms with Crippen molar-refractivity contribution >= 4 is 17.5 Å². The van der Waals surface area contributed by atoms with Crippen LogP contribution in [-0.4, -0.2) is 49.0 Å². The van der Waals surface area contributed by atoms with E-state index < -0.39 is 0 Å². The third-order valence-electron chi connectivity index (χ3n) is 4.02. The molecule has 0 radical (unpaired) electrons. The van der Waals surface area contributed by atoms with Crippen molar-refractivity contribution in [2.24, 2.45) is 0 Å². The number of carbonyl (C=O) groups excluding carboxylic acids is 2. The van der Waals surface area contributed by atoms with Crippen molar-refractivity contribution in [2.45, 2.75) is 46.1 Å². The monoisotopic (exact) mass is 349 g/mol. The summed E-state index contributed by atoms with van der Waals surface area (Å²) in [4.78, 5) is 26.4. The number of carbonyl (C=O) groups is 2. The quantitative estimate of drug-likeness (QED) is 0.681. The molecule has 0 aliphatic carbocycles. The van der Waals surface area contributed by atoms with Crippen molar-refractivity contribution in [3.05, 3.63) is 24.3 Å². The molecule has 0 aromatic heterocycles. The fourth-order valence-corrected chi connectivity index (χ4v) is 2.38. The third kappa shape index (κ3) is 7.56. The molecule has 1 rings (SSSR count). The van der Waals surface area contributed by atoms with E-state index in [1.165, 1.54) is 0 Å². The standard InChI is InChI=1S/C19H31N3O3/c1-6-12-22(14-18(24)21-19(3,4)7-2)13-17(23)20-15-10-8-9-11-16(15)25-5/h8-11H,6-7,12-14H2,1-5H3,(H,20,23)(H,21,24). The Labute approximate surface area is 150 Å². The molecule has 6 nitrogen and oxygen atoms in total. The van der Waals surface area contributed by atoms with E-state index in [4.69, 9.17) is 4.74 Å². The van der Waals surface area contributed by atoms with Crippen LogP contribution in [0, 0.1) is 0 Å². The molecule has 140 valence electrons. The number of amides is 2. The number of hydrogen-bond donors (Lipinski definition) is 2. The van der Waals surface area contributed by atoms with Crippen LogP contribution in [0.2, 0.25) is 0 Å². The number of benzene rings is 1. The van der Waals surface area contributed by atoms with Crippen LogP contribution in [0.15, 0.2) is 24.3 Å². The number of nitrogens with one attached hydrogen (secondary N) is 2. The average molecular weight is 349 g/mol. The summed E-state index contributed by atoms with van der Waals surface area (Å²) in [6.45, 7) is 9.08. The van der Waals surface area contributed by atoms with E-state index in [1.807, 2.05) is 44.7 Å². The second kappa shape index (κ2) is 10.0. The topological polar surface area (TPSA) is 70.7 Å². The lowest BCUT2D eigenvalue weighted by Crippen LogP contribution is -2.48. The molecule has 0 saturated heterocycles. The van der Waals surface area contributed by atoms with Gasteiger partial charge in [-0.1, -0.05) is 26.0 Å². The van der Waals surface area contributed by atoms with Gasteiger partial charge in [0.05, 0.1) is 25.9 Å². The lowest BCUT2D eigenvalue weighted by Gasteiger charge is -2.27. The van der Waals surface area contributed by atoms with Gasteiger partial charge in [0, 0.05) is 5.54 Å². The summed E-state index contributed by atoms with van der Waals surface area (Å²) in [5, 5.41) is 5.85. The van der Waals surface area contributed by atoms with Gasteiger partial charge in [-0.25, -0.2) is 0 Å². The van der Waals surface area contributed by atoms with Gasteiger partial charge in [-0.05, 0) is 45.4 Å². The number of methoxy groups -OCH3 is 1. The second-order valence-electron chi connectivity index (χ2n) is 6.74. The first-order valence-corrected chi connectivity index (χ1v) is 8.77. The molecule has 2 amide bonds. The van der Waals surface area contributed by atoms with Gasteiger partial charge in [-0.3, -0.25) is 14.5 Å². The summed E-state index contributed by atoms with van der Waals surface area (Å²) >= 11 is 0. The van der Waals surface area contributed by atoms with Crippen LogP contribution in [0.1, 0.15) is 40.5 Å². The predicted molar refractivity (Wildman–Crippen MR) is 101 cm³/mol. The summed E-state index contributed by atoms with van der Waals surface area (Å²) in [7, 11) is 1.56. The number of anilines is 1. The number of para-hydroxylation sites is 2. The van der Waals surface area contributed by atoms with Crippen LogP contribution in [-0.2, 0) is 9.59 Å². The van der Waals surface area contributed by atoms with E-state index in [0.717, 1.165) is 12.8 Å². The van der Waals surface area contributed by atoms with E-state index in [9.17, 15) is 9.59 Å². The van der Waals surface area contributed by atoms with Gasteiger partial charge in [-0.15, -0.1) is 0 Å². The molecule has 0 aliphatic rings. The fraction of sp³-hybridized carbons (Fsp3) is 0.579. The maximum absolute atomic E-state index is 12.3. The summed E-state index contributed by atoms with van der Waals surface area (Å²) < 4.78 is 5.24. The summed E-state index contributed by atoms with van der Waals surface area (Å²) in [5.41, 5.74) is 0.386. The highest BCUT2D eigenvalue weighted by molar-refractivity contribution is 5.94. The lowest BCUT2D eigenvalue weighted by molar-refractivity contribution is -0.124. The Morgan fingerprint density at radius 1 is 1.12 bits per heavy atom. The number of ether oxygens (including phenoxy) is 1. The van der Waals surface area contributed by atoms with E-state index in [-0.39, 0.29) is 30.4 Å². The minimum Gasteiger partial charge on any atom is -0.495 e. The van der Waals surface area contributed by atoms with Gasteiger partial charge in [0.15, 0.2) is 0 Å². The van der Waals surface area contributed by atoms with Crippen molar-refractivity contribution in [1.29, 1.82) is 0 Å². The Kier molecular flexibility index (Phi) is 8.41. The summed E-state index contributed by atoms with van der Waals surface area (Å²) in [6.07, 6.45) is 1.72. The van der Waals surface area contributed by atoms with E-state index >= 15 is 0 Å². The predicted octanol–water partition coefficient (Wildman–Crippen LogP) is 2.65. The van der Waals surface area contributed by atoms with Gasteiger partial charge in [-0.2, -0.15) is 0 Å². The van der Waals surface area contributed by atoms with Gasteiger partial charge in [0.1, 0.15) is 5.75 Å². The smallest absolute Gasteiger partial charge is 0.238 e. The number of hydrogen-bond acceptors (Lipinski definition) is 4. The minimum absolute atomic E-state index is 0.0645. The van der Waals surface area contributed by atoms with Crippen molar-refractivity contribution < 1.29 is 14.3 Å². The van der Waals surface area contributed by atoms with Gasteiger partial charge in [0.2, 0.25) is 11.8 Å². The van der Waals surface area contributed by atoms with Crippen molar-refractivity contribution in [2.75, 3.05) is 32.1 Å². The lowest BCUT2D eigenvalue weighted by atomic mass is 10.0. The Hall–Kier alpha value is -2.08. The van der Waals surface area contributed by atoms with Crippen molar-refractivity contribution in [3.63, 3.8) is 0 Å². The van der Waals surface area contributed by atoms with Crippen LogP contribution < -0.4 is 15.4 Å². The van der Waals surface area contributed by atoms with Crippen LogP contribution in [0.3, 0.4) is 0 Å². The molecule has 0 bridgehead atoms. The maximum atomic E-state index is 12.3. The normalized spacial score (nSPS) is 11.3. The van der Waals surface area contributed by atoms with Crippen LogP contribution in [0.5, 0.6) is 5.75 Å². The largest absolute Gasteiger partial charge is 0.495 e. The molecule has 0 saturated carbocycles. The van der Waals surface area contributed by atoms with E-state index in [0.29, 0.717) is 18.0 Å². The summed E-state index contributed by atoms with van der Waals surface area (Å²) in [6, 6.07) is 7.26. The highest BCUT2D eigenvalue weighted by atomic mass is 16.5. The zero-order valence-electron chi connectivity index (χ0n) is 16.0. The third-order valence-corrected chi connectivity index (χ3v) is 4.02. The fourth-order valence-electron chi connectivity index (χ4n) is 2.38. The van der Waals surface area contributed by atoms with Crippen LogP contribution in [0.4, 0.5) is 5.69 Å². The first-order valence-electron chi connectivity index (χ1n) is 8.77. The average Bonchev–Trinajstić information content (AvgIpc) is 2.54. The molecule has 6 heteroatoms. The zero-order chi connectivity index (χ0) is 18.9. The molecule has 2 N–H and O–H groups in total. The SMILES string of the molecule is CCCN(CC(=O)Nc1ccccc1OC)CC(=O)NC(C)(C)CC. The van der Waals surface area contributed by atoms with Crippen molar-refractivity contribution in [3.8, 4) is 5.75 Å². The molecule has 0 heterocycles. The molecule has 0 fully saturated rings. The molecule has 0 spiro atoms. The highest BCUT2D eigenvalue weighted by Crippen LogP contribution is 2.22. The zero-order valence-corrected chi connectivity index (χ0v) is 16.0. The van der Waals surface area contributed by atoms with Gasteiger partial charge >= 0.3 is 0 Å². The molecular weight excluding hydrogens is 318 g/mol. The van der Waals surface area contributed by atoms with E-state index in [1.54, 1.807) is 19.2 Å². The molecular formula is C19H31N3O3. The Bertz CT molecular complexity index is 573. The molecule has 0 atom stereocenters. The highest BCUT2D eigenvalue weighted by Gasteiger charge is 2.20. The first-order chi connectivity index (χ1) is 11.8. The molecule has 1 aromatic carbocycles. The summed E-state index contributed by atoms with van der Waals surface area (Å²) in [5.74, 6) is 0.381. The van der Waals surface area contributed by atoms with Crippen molar-refractivity contribution in [1.82, 2.24) is 10.2 Å². The minimum atomic E-state index is -0.241. The molecule has 0 aliphatic heterocycles. The Balaban J connectivity index is 2.64. The van der Waals surface area contributed by atoms with E-state index in [2.05, 4.69) is 10.6 Å². The second-order valence-corrected chi connectivity index (χ2v) is 6.74. The molecule has 0 unspecified atom stereocenters. The molecule has 1 aromatic rings. The Morgan fingerprint density at radius 2 is 1.76 bits per heavy atom. The number of rotatable bonds is 10. The first kappa shape index (κ1) is 21.0. The maximum Gasteiger partial charge on any atom is 0.238 e.